The topological polar surface area (TPSA) is 65.2 Å². The van der Waals surface area contributed by atoms with Gasteiger partial charge in [0.15, 0.2) is 12.4 Å². The van der Waals surface area contributed by atoms with Crippen molar-refractivity contribution in [1.82, 2.24) is 10.1 Å². The second kappa shape index (κ2) is 6.59. The molecule has 6 heteroatoms. The maximum absolute atomic E-state index is 12.9. The Morgan fingerprint density at radius 3 is 2.84 bits per heavy atom. The number of aromatic nitrogens is 2. The molecule has 1 fully saturated rings. The van der Waals surface area contributed by atoms with Gasteiger partial charge in [0.05, 0.1) is 26.3 Å². The lowest BCUT2D eigenvalue weighted by Gasteiger charge is -2.25. The lowest BCUT2D eigenvalue weighted by atomic mass is 9.83. The number of nitrogens with zero attached hydrogens (tertiary/aromatic N) is 2. The Labute approximate surface area is 150 Å². The third-order valence-corrected chi connectivity index (χ3v) is 5.88. The van der Waals surface area contributed by atoms with Gasteiger partial charge in [-0.1, -0.05) is 30.1 Å². The van der Waals surface area contributed by atoms with E-state index in [0.29, 0.717) is 12.2 Å². The molecular formula is C19H20N2O3S. The van der Waals surface area contributed by atoms with E-state index in [0.717, 1.165) is 46.6 Å². The van der Waals surface area contributed by atoms with Gasteiger partial charge in [0, 0.05) is 12.5 Å². The Morgan fingerprint density at radius 1 is 1.32 bits per heavy atom. The molecule has 0 atom stereocenters. The average molecular weight is 356 g/mol. The molecule has 1 aliphatic carbocycles. The van der Waals surface area contributed by atoms with Crippen LogP contribution in [0.3, 0.4) is 0 Å². The number of carbonyl (C=O) groups excluding carboxylic acids is 1. The number of para-hydroxylation sites is 1. The van der Waals surface area contributed by atoms with Gasteiger partial charge in [-0.15, -0.1) is 11.3 Å². The summed E-state index contributed by atoms with van der Waals surface area (Å²) < 4.78 is 11.9. The normalized spacial score (nSPS) is 16.4. The van der Waals surface area contributed by atoms with E-state index in [2.05, 4.69) is 11.2 Å². The number of hydrogen-bond acceptors (Lipinski definition) is 6. The summed E-state index contributed by atoms with van der Waals surface area (Å²) in [5.74, 6) is 0.442. The maximum Gasteiger partial charge on any atom is 0.312 e. The minimum atomic E-state index is -0.455. The maximum atomic E-state index is 12.9. The van der Waals surface area contributed by atoms with Crippen molar-refractivity contribution < 1.29 is 14.1 Å². The zero-order valence-corrected chi connectivity index (χ0v) is 15.0. The lowest BCUT2D eigenvalue weighted by molar-refractivity contribution is -0.157. The van der Waals surface area contributed by atoms with Crippen molar-refractivity contribution in [2.24, 2.45) is 5.41 Å². The predicted octanol–water partition coefficient (Wildman–Crippen LogP) is 4.44. The van der Waals surface area contributed by atoms with Crippen molar-refractivity contribution >= 4 is 27.5 Å². The minimum Gasteiger partial charge on any atom is -0.457 e. The summed E-state index contributed by atoms with van der Waals surface area (Å²) in [6.07, 6.45) is 4.48. The van der Waals surface area contributed by atoms with Crippen LogP contribution in [0.25, 0.3) is 10.2 Å². The highest BCUT2D eigenvalue weighted by atomic mass is 32.1. The van der Waals surface area contributed by atoms with Crippen LogP contribution in [0, 0.1) is 12.3 Å². The van der Waals surface area contributed by atoms with E-state index in [1.54, 1.807) is 17.4 Å². The van der Waals surface area contributed by atoms with Gasteiger partial charge < -0.3 is 9.26 Å². The second-order valence-electron chi connectivity index (χ2n) is 6.75. The van der Waals surface area contributed by atoms with E-state index in [1.807, 2.05) is 25.1 Å². The molecule has 0 aliphatic heterocycles. The number of fused-ring (bicyclic) bond motifs is 1. The molecule has 2 aromatic heterocycles. The smallest absolute Gasteiger partial charge is 0.312 e. The highest BCUT2D eigenvalue weighted by molar-refractivity contribution is 7.18. The monoisotopic (exact) mass is 356 g/mol. The number of thiazole rings is 1. The summed E-state index contributed by atoms with van der Waals surface area (Å²) in [6, 6.07) is 9.89. The molecule has 2 heterocycles. The fraction of sp³-hybridized carbons (Fsp3) is 0.421. The van der Waals surface area contributed by atoms with Crippen molar-refractivity contribution in [3.63, 3.8) is 0 Å². The third-order valence-electron chi connectivity index (χ3n) is 4.84. The Kier molecular flexibility index (Phi) is 4.29. The zero-order valence-electron chi connectivity index (χ0n) is 14.2. The SMILES string of the molecule is Cc1cc(COC(=O)C2(Cc3nc4ccccc4s3)CCCC2)on1. The molecule has 25 heavy (non-hydrogen) atoms. The summed E-state index contributed by atoms with van der Waals surface area (Å²) in [7, 11) is 0. The van der Waals surface area contributed by atoms with E-state index in [1.165, 1.54) is 0 Å². The van der Waals surface area contributed by atoms with Crippen LogP contribution in [-0.2, 0) is 22.6 Å². The Balaban J connectivity index is 1.51. The van der Waals surface area contributed by atoms with Gasteiger partial charge in [-0.25, -0.2) is 4.98 Å². The molecule has 0 bridgehead atoms. The van der Waals surface area contributed by atoms with Gasteiger partial charge in [0.25, 0.3) is 0 Å². The average Bonchev–Trinajstić information content (AvgIpc) is 3.32. The second-order valence-corrected chi connectivity index (χ2v) is 7.87. The fourth-order valence-corrected chi connectivity index (χ4v) is 4.68. The molecule has 3 aromatic rings. The molecule has 0 unspecified atom stereocenters. The molecule has 0 spiro atoms. The molecular weight excluding hydrogens is 336 g/mol. The first-order valence-electron chi connectivity index (χ1n) is 8.59. The number of esters is 1. The molecule has 1 saturated carbocycles. The number of rotatable bonds is 5. The predicted molar refractivity (Wildman–Crippen MR) is 95.3 cm³/mol. The number of aryl methyl sites for hydroxylation is 1. The largest absolute Gasteiger partial charge is 0.457 e. The highest BCUT2D eigenvalue weighted by Crippen LogP contribution is 2.43. The summed E-state index contributed by atoms with van der Waals surface area (Å²) in [5, 5.41) is 4.84. The quantitative estimate of drug-likeness (QED) is 0.632. The Morgan fingerprint density at radius 2 is 2.12 bits per heavy atom. The third kappa shape index (κ3) is 3.31. The van der Waals surface area contributed by atoms with Crippen LogP contribution in [0.4, 0.5) is 0 Å². The van der Waals surface area contributed by atoms with Crippen LogP contribution in [0.2, 0.25) is 0 Å². The van der Waals surface area contributed by atoms with Crippen molar-refractivity contribution in [2.45, 2.75) is 45.6 Å². The Hall–Kier alpha value is -2.21. The van der Waals surface area contributed by atoms with Crippen LogP contribution >= 0.6 is 11.3 Å². The van der Waals surface area contributed by atoms with Crippen molar-refractivity contribution in [1.29, 1.82) is 0 Å². The lowest BCUT2D eigenvalue weighted by Crippen LogP contribution is -2.32. The van der Waals surface area contributed by atoms with Crippen LogP contribution < -0.4 is 0 Å². The van der Waals surface area contributed by atoms with Gasteiger partial charge >= 0.3 is 5.97 Å². The van der Waals surface area contributed by atoms with Crippen LogP contribution in [0.15, 0.2) is 34.9 Å². The first kappa shape index (κ1) is 16.3. The molecule has 1 aromatic carbocycles. The number of hydrogen-bond donors (Lipinski definition) is 0. The van der Waals surface area contributed by atoms with Crippen molar-refractivity contribution in [3.05, 3.63) is 46.8 Å². The van der Waals surface area contributed by atoms with Crippen molar-refractivity contribution in [3.8, 4) is 0 Å². The van der Waals surface area contributed by atoms with E-state index >= 15 is 0 Å². The summed E-state index contributed by atoms with van der Waals surface area (Å²) >= 11 is 1.67. The van der Waals surface area contributed by atoms with Crippen LogP contribution in [0.5, 0.6) is 0 Å². The molecule has 0 amide bonds. The zero-order chi connectivity index (χ0) is 17.3. The first-order chi connectivity index (χ1) is 12.1. The summed E-state index contributed by atoms with van der Waals surface area (Å²) in [4.78, 5) is 17.6. The van der Waals surface area contributed by atoms with Gasteiger partial charge in [-0.2, -0.15) is 0 Å². The molecule has 1 aliphatic rings. The Bertz CT molecular complexity index is 860. The van der Waals surface area contributed by atoms with Crippen molar-refractivity contribution in [2.75, 3.05) is 0 Å². The number of carbonyl (C=O) groups is 1. The molecule has 5 nitrogen and oxygen atoms in total. The van der Waals surface area contributed by atoms with Gasteiger partial charge in [0.2, 0.25) is 0 Å². The molecule has 4 rings (SSSR count). The summed E-state index contributed by atoms with van der Waals surface area (Å²) in [6.45, 7) is 1.99. The molecule has 130 valence electrons. The van der Waals surface area contributed by atoms with E-state index in [4.69, 9.17) is 14.2 Å². The summed E-state index contributed by atoms with van der Waals surface area (Å²) in [5.41, 5.74) is 1.33. The van der Waals surface area contributed by atoms with Gasteiger partial charge in [-0.3, -0.25) is 4.79 Å². The van der Waals surface area contributed by atoms with Crippen LogP contribution in [0.1, 0.15) is 42.1 Å². The van der Waals surface area contributed by atoms with Gasteiger partial charge in [-0.05, 0) is 31.9 Å². The van der Waals surface area contributed by atoms with Gasteiger partial charge in [0.1, 0.15) is 0 Å². The molecule has 0 saturated heterocycles. The molecule has 0 radical (unpaired) electrons. The van der Waals surface area contributed by atoms with E-state index < -0.39 is 5.41 Å². The highest BCUT2D eigenvalue weighted by Gasteiger charge is 2.43. The standard InChI is InChI=1S/C19H20N2O3S/c1-13-10-14(24-21-13)12-23-18(22)19(8-4-5-9-19)11-17-20-15-6-2-3-7-16(15)25-17/h2-3,6-7,10H,4-5,8-9,11-12H2,1H3. The first-order valence-corrected chi connectivity index (χ1v) is 9.40. The fourth-order valence-electron chi connectivity index (χ4n) is 3.56. The molecule has 0 N–H and O–H groups in total. The number of benzene rings is 1. The van der Waals surface area contributed by atoms with E-state index in [-0.39, 0.29) is 12.6 Å². The van der Waals surface area contributed by atoms with Crippen LogP contribution in [-0.4, -0.2) is 16.1 Å². The van der Waals surface area contributed by atoms with E-state index in [9.17, 15) is 4.79 Å². The number of ether oxygens (including phenoxy) is 1. The minimum absolute atomic E-state index is 0.140.